The maximum Gasteiger partial charge on any atom is 0.416 e. The number of esters is 1. The van der Waals surface area contributed by atoms with Crippen LogP contribution in [-0.4, -0.2) is 18.5 Å². The highest BCUT2D eigenvalue weighted by Gasteiger charge is 2.30. The largest absolute Gasteiger partial charge is 0.462 e. The van der Waals surface area contributed by atoms with Gasteiger partial charge in [0, 0.05) is 11.1 Å². The van der Waals surface area contributed by atoms with E-state index in [9.17, 15) is 22.8 Å². The van der Waals surface area contributed by atoms with E-state index in [4.69, 9.17) is 9.15 Å². The number of rotatable bonds is 5. The number of hydrogen-bond donors (Lipinski definition) is 1. The summed E-state index contributed by atoms with van der Waals surface area (Å²) in [6.07, 6.45) is -4.55. The highest BCUT2D eigenvalue weighted by atomic mass is 19.4. The van der Waals surface area contributed by atoms with E-state index in [1.54, 1.807) is 49.4 Å². The van der Waals surface area contributed by atoms with Gasteiger partial charge in [-0.15, -0.1) is 0 Å². The number of fused-ring (bicyclic) bond motifs is 1. The van der Waals surface area contributed by atoms with Crippen LogP contribution in [0, 0.1) is 0 Å². The van der Waals surface area contributed by atoms with Gasteiger partial charge in [0.25, 0.3) is 5.91 Å². The number of halogens is 3. The second kappa shape index (κ2) is 9.84. The number of anilines is 1. The molecule has 0 radical (unpaired) electrons. The van der Waals surface area contributed by atoms with Crippen molar-refractivity contribution in [2.45, 2.75) is 13.1 Å². The number of alkyl halides is 3. The van der Waals surface area contributed by atoms with Crippen molar-refractivity contribution in [2.24, 2.45) is 4.99 Å². The number of benzene rings is 3. The zero-order chi connectivity index (χ0) is 25.0. The molecule has 1 amide bonds. The summed E-state index contributed by atoms with van der Waals surface area (Å²) in [7, 11) is 0. The highest BCUT2D eigenvalue weighted by molar-refractivity contribution is 6.05. The normalized spacial score (nSPS) is 11.9. The third-order valence-corrected chi connectivity index (χ3v) is 4.96. The standard InChI is InChI=1S/C26H19F3N2O4/c1-2-34-25(33)16-10-12-19(13-11-16)31-24-21(14-17-6-3-4-9-22(17)35-24)23(32)30-20-8-5-7-18(15-20)26(27,28)29/h3-15H,2H2,1H3,(H,30,32). The number of nitrogens with one attached hydrogen (secondary N) is 1. The Labute approximate surface area is 197 Å². The van der Waals surface area contributed by atoms with Crippen molar-refractivity contribution in [1.82, 2.24) is 0 Å². The molecule has 35 heavy (non-hydrogen) atoms. The first-order chi connectivity index (χ1) is 16.7. The second-order valence-electron chi connectivity index (χ2n) is 7.41. The molecule has 0 atom stereocenters. The van der Waals surface area contributed by atoms with Gasteiger partial charge in [0.1, 0.15) is 11.1 Å². The molecule has 9 heteroatoms. The molecular formula is C26H19F3N2O4. The number of amides is 1. The smallest absolute Gasteiger partial charge is 0.416 e. The van der Waals surface area contributed by atoms with Gasteiger partial charge in [0.2, 0.25) is 5.55 Å². The van der Waals surface area contributed by atoms with Crippen molar-refractivity contribution in [3.8, 4) is 0 Å². The van der Waals surface area contributed by atoms with Crippen LogP contribution in [0.3, 0.4) is 0 Å². The Morgan fingerprint density at radius 1 is 0.971 bits per heavy atom. The first-order valence-corrected chi connectivity index (χ1v) is 10.6. The molecule has 0 saturated heterocycles. The minimum Gasteiger partial charge on any atom is -0.462 e. The van der Waals surface area contributed by atoms with Gasteiger partial charge >= 0.3 is 12.1 Å². The Morgan fingerprint density at radius 3 is 2.43 bits per heavy atom. The van der Waals surface area contributed by atoms with Gasteiger partial charge < -0.3 is 14.5 Å². The number of ether oxygens (including phenoxy) is 1. The lowest BCUT2D eigenvalue weighted by Gasteiger charge is -2.10. The van der Waals surface area contributed by atoms with Gasteiger partial charge in [-0.1, -0.05) is 24.3 Å². The van der Waals surface area contributed by atoms with Crippen LogP contribution in [0.5, 0.6) is 0 Å². The summed E-state index contributed by atoms with van der Waals surface area (Å²) in [5.41, 5.74) is 0.263. The average Bonchev–Trinajstić information content (AvgIpc) is 2.84. The molecular weight excluding hydrogens is 461 g/mol. The first-order valence-electron chi connectivity index (χ1n) is 10.6. The molecule has 0 spiro atoms. The van der Waals surface area contributed by atoms with Crippen LogP contribution in [0.2, 0.25) is 0 Å². The molecule has 0 unspecified atom stereocenters. The predicted octanol–water partition coefficient (Wildman–Crippen LogP) is 6.11. The van der Waals surface area contributed by atoms with E-state index >= 15 is 0 Å². The molecule has 0 bridgehead atoms. The minimum atomic E-state index is -4.55. The van der Waals surface area contributed by atoms with Crippen LogP contribution in [0.15, 0.2) is 88.3 Å². The van der Waals surface area contributed by atoms with Gasteiger partial charge in [-0.05, 0) is 61.5 Å². The van der Waals surface area contributed by atoms with Gasteiger partial charge in [-0.3, -0.25) is 4.79 Å². The lowest BCUT2D eigenvalue weighted by atomic mass is 10.1. The molecule has 0 fully saturated rings. The van der Waals surface area contributed by atoms with E-state index in [-0.39, 0.29) is 23.4 Å². The van der Waals surface area contributed by atoms with Crippen molar-refractivity contribution in [3.63, 3.8) is 0 Å². The van der Waals surface area contributed by atoms with Gasteiger partial charge in [-0.25, -0.2) is 9.79 Å². The van der Waals surface area contributed by atoms with E-state index in [0.29, 0.717) is 22.2 Å². The van der Waals surface area contributed by atoms with Gasteiger partial charge in [-0.2, -0.15) is 13.2 Å². The SMILES string of the molecule is CCOC(=O)c1ccc(N=c2oc3ccccc3cc2C(=O)Nc2cccc(C(F)(F)F)c2)cc1. The molecule has 0 saturated carbocycles. The van der Waals surface area contributed by atoms with Crippen molar-refractivity contribution < 1.29 is 31.9 Å². The summed E-state index contributed by atoms with van der Waals surface area (Å²) in [4.78, 5) is 29.3. The predicted molar refractivity (Wildman–Crippen MR) is 123 cm³/mol. The number of hydrogen-bond acceptors (Lipinski definition) is 5. The van der Waals surface area contributed by atoms with Crippen molar-refractivity contribution in [3.05, 3.63) is 101 Å². The summed E-state index contributed by atoms with van der Waals surface area (Å²) >= 11 is 0. The molecule has 1 aromatic heterocycles. The Bertz CT molecular complexity index is 1460. The minimum absolute atomic E-state index is 0.0237. The van der Waals surface area contributed by atoms with Crippen LogP contribution < -0.4 is 10.9 Å². The summed E-state index contributed by atoms with van der Waals surface area (Å²) in [6.45, 7) is 1.94. The summed E-state index contributed by atoms with van der Waals surface area (Å²) in [5.74, 6) is -1.17. The van der Waals surface area contributed by atoms with Crippen LogP contribution in [0.25, 0.3) is 11.0 Å². The van der Waals surface area contributed by atoms with Crippen molar-refractivity contribution >= 4 is 34.2 Å². The molecule has 1 N–H and O–H groups in total. The fourth-order valence-corrected chi connectivity index (χ4v) is 3.29. The van der Waals surface area contributed by atoms with Crippen molar-refractivity contribution in [1.29, 1.82) is 0 Å². The van der Waals surface area contributed by atoms with E-state index in [0.717, 1.165) is 12.1 Å². The Morgan fingerprint density at radius 2 is 1.71 bits per heavy atom. The van der Waals surface area contributed by atoms with E-state index in [1.807, 2.05) is 0 Å². The number of nitrogens with zero attached hydrogens (tertiary/aromatic N) is 1. The molecule has 178 valence electrons. The molecule has 4 aromatic rings. The fraction of sp³-hybridized carbons (Fsp3) is 0.115. The molecule has 6 nitrogen and oxygen atoms in total. The zero-order valence-corrected chi connectivity index (χ0v) is 18.4. The maximum atomic E-state index is 13.1. The molecule has 3 aromatic carbocycles. The van der Waals surface area contributed by atoms with E-state index in [1.165, 1.54) is 24.3 Å². The number of carbonyl (C=O) groups is 2. The molecule has 4 rings (SSSR count). The zero-order valence-electron chi connectivity index (χ0n) is 18.4. The Balaban J connectivity index is 1.74. The topological polar surface area (TPSA) is 80.9 Å². The second-order valence-corrected chi connectivity index (χ2v) is 7.41. The molecule has 1 heterocycles. The molecule has 0 aliphatic heterocycles. The molecule has 0 aliphatic rings. The fourth-order valence-electron chi connectivity index (χ4n) is 3.29. The quantitative estimate of drug-likeness (QED) is 0.349. The van der Waals surface area contributed by atoms with Gasteiger partial charge in [0.05, 0.1) is 23.4 Å². The summed E-state index contributed by atoms with van der Waals surface area (Å²) in [5, 5.41) is 3.09. The third-order valence-electron chi connectivity index (χ3n) is 4.96. The maximum absolute atomic E-state index is 13.1. The Kier molecular flexibility index (Phi) is 6.68. The highest BCUT2D eigenvalue weighted by Crippen LogP contribution is 2.30. The number of carbonyl (C=O) groups excluding carboxylic acids is 2. The Hall–Kier alpha value is -4.40. The van der Waals surface area contributed by atoms with Crippen LogP contribution >= 0.6 is 0 Å². The lowest BCUT2D eigenvalue weighted by molar-refractivity contribution is -0.137. The van der Waals surface area contributed by atoms with Crippen LogP contribution in [-0.2, 0) is 10.9 Å². The third kappa shape index (κ3) is 5.57. The van der Waals surface area contributed by atoms with E-state index in [2.05, 4.69) is 10.3 Å². The van der Waals surface area contributed by atoms with Gasteiger partial charge in [0.15, 0.2) is 0 Å². The summed E-state index contributed by atoms with van der Waals surface area (Å²) in [6, 6.07) is 19.0. The van der Waals surface area contributed by atoms with Crippen molar-refractivity contribution in [2.75, 3.05) is 11.9 Å². The van der Waals surface area contributed by atoms with Crippen LogP contribution in [0.4, 0.5) is 24.5 Å². The first kappa shape index (κ1) is 23.7. The summed E-state index contributed by atoms with van der Waals surface area (Å²) < 4.78 is 50.0. The monoisotopic (exact) mass is 480 g/mol. The van der Waals surface area contributed by atoms with Crippen LogP contribution in [0.1, 0.15) is 33.2 Å². The van der Waals surface area contributed by atoms with E-state index < -0.39 is 23.6 Å². The lowest BCUT2D eigenvalue weighted by Crippen LogP contribution is -2.22. The number of para-hydroxylation sites is 1. The average molecular weight is 480 g/mol. The molecule has 0 aliphatic carbocycles.